The summed E-state index contributed by atoms with van der Waals surface area (Å²) < 4.78 is 5.36. The fraction of sp³-hybridized carbons (Fsp3) is 0.538. The highest BCUT2D eigenvalue weighted by Crippen LogP contribution is 2.51. The first kappa shape index (κ1) is 10.5. The Labute approximate surface area is 91.4 Å². The summed E-state index contributed by atoms with van der Waals surface area (Å²) in [5.41, 5.74) is 7.66. The van der Waals surface area contributed by atoms with E-state index in [0.29, 0.717) is 5.41 Å². The van der Waals surface area contributed by atoms with Crippen molar-refractivity contribution in [2.45, 2.75) is 32.2 Å². The van der Waals surface area contributed by atoms with Crippen molar-refractivity contribution >= 4 is 0 Å². The van der Waals surface area contributed by atoms with Crippen LogP contribution in [0.25, 0.3) is 0 Å². The molecule has 0 saturated heterocycles. The minimum Gasteiger partial charge on any atom is -0.496 e. The van der Waals surface area contributed by atoms with Crippen LogP contribution in [-0.4, -0.2) is 13.2 Å². The number of rotatable bonds is 4. The molecule has 1 aliphatic carbocycles. The predicted molar refractivity (Wildman–Crippen MR) is 62.0 cm³/mol. The molecule has 2 nitrogen and oxygen atoms in total. The van der Waals surface area contributed by atoms with Crippen LogP contribution in [0, 0.1) is 5.41 Å². The maximum atomic E-state index is 6.03. The van der Waals surface area contributed by atoms with Crippen molar-refractivity contribution in [3.63, 3.8) is 0 Å². The van der Waals surface area contributed by atoms with Gasteiger partial charge < -0.3 is 10.5 Å². The minimum atomic E-state index is 0.280. The highest BCUT2D eigenvalue weighted by Gasteiger charge is 2.45. The molecule has 1 unspecified atom stereocenters. The van der Waals surface area contributed by atoms with Gasteiger partial charge in [-0.15, -0.1) is 0 Å². The largest absolute Gasteiger partial charge is 0.496 e. The van der Waals surface area contributed by atoms with E-state index in [0.717, 1.165) is 12.2 Å². The number of benzene rings is 1. The van der Waals surface area contributed by atoms with Gasteiger partial charge in [0.15, 0.2) is 0 Å². The van der Waals surface area contributed by atoms with Crippen molar-refractivity contribution < 1.29 is 4.74 Å². The molecule has 0 amide bonds. The first-order valence-corrected chi connectivity index (χ1v) is 5.55. The van der Waals surface area contributed by atoms with E-state index in [4.69, 9.17) is 10.5 Å². The molecule has 0 bridgehead atoms. The molecule has 2 rings (SSSR count). The van der Waals surface area contributed by atoms with Gasteiger partial charge in [-0.05, 0) is 43.2 Å². The molecule has 2 N–H and O–H groups in total. The molecule has 0 radical (unpaired) electrons. The van der Waals surface area contributed by atoms with Gasteiger partial charge in [0, 0.05) is 6.04 Å². The van der Waals surface area contributed by atoms with Gasteiger partial charge in [0.05, 0.1) is 7.11 Å². The number of hydrogen-bond donors (Lipinski definition) is 1. The van der Waals surface area contributed by atoms with Crippen molar-refractivity contribution in [1.29, 1.82) is 0 Å². The van der Waals surface area contributed by atoms with E-state index in [1.54, 1.807) is 7.11 Å². The van der Waals surface area contributed by atoms with Gasteiger partial charge in [0.1, 0.15) is 5.75 Å². The van der Waals surface area contributed by atoms with Crippen LogP contribution >= 0.6 is 0 Å². The summed E-state index contributed by atoms with van der Waals surface area (Å²) >= 11 is 0. The molecule has 0 aromatic heterocycles. The summed E-state index contributed by atoms with van der Waals surface area (Å²) in [6.45, 7) is 2.11. The SMILES string of the molecule is COc1ccccc1CC1(C(C)N)CC1. The zero-order chi connectivity index (χ0) is 10.9. The number of hydrogen-bond acceptors (Lipinski definition) is 2. The molecule has 1 saturated carbocycles. The lowest BCUT2D eigenvalue weighted by Gasteiger charge is -2.20. The maximum absolute atomic E-state index is 6.03. The van der Waals surface area contributed by atoms with E-state index < -0.39 is 0 Å². The number of methoxy groups -OCH3 is 1. The Morgan fingerprint density at radius 2 is 2.07 bits per heavy atom. The second kappa shape index (κ2) is 3.86. The molecule has 15 heavy (non-hydrogen) atoms. The van der Waals surface area contributed by atoms with Crippen molar-refractivity contribution in [2.24, 2.45) is 11.1 Å². The van der Waals surface area contributed by atoms with E-state index in [9.17, 15) is 0 Å². The molecule has 1 aromatic rings. The average Bonchev–Trinajstić information content (AvgIpc) is 3.00. The fourth-order valence-electron chi connectivity index (χ4n) is 2.18. The van der Waals surface area contributed by atoms with Gasteiger partial charge in [-0.3, -0.25) is 0 Å². The molecule has 2 heteroatoms. The van der Waals surface area contributed by atoms with Crippen LogP contribution in [0.5, 0.6) is 5.75 Å². The van der Waals surface area contributed by atoms with E-state index in [1.165, 1.54) is 18.4 Å². The summed E-state index contributed by atoms with van der Waals surface area (Å²) in [6.07, 6.45) is 3.56. The van der Waals surface area contributed by atoms with Crippen LogP contribution in [0.1, 0.15) is 25.3 Å². The van der Waals surface area contributed by atoms with Crippen molar-refractivity contribution in [3.05, 3.63) is 29.8 Å². The number of nitrogens with two attached hydrogens (primary N) is 1. The van der Waals surface area contributed by atoms with E-state index >= 15 is 0 Å². The first-order chi connectivity index (χ1) is 7.18. The fourth-order valence-corrected chi connectivity index (χ4v) is 2.18. The third kappa shape index (κ3) is 2.00. The Kier molecular flexibility index (Phi) is 2.70. The van der Waals surface area contributed by atoms with E-state index in [1.807, 2.05) is 12.1 Å². The predicted octanol–water partition coefficient (Wildman–Crippen LogP) is 2.37. The Hall–Kier alpha value is -1.02. The third-order valence-corrected chi connectivity index (χ3v) is 3.59. The third-order valence-electron chi connectivity index (χ3n) is 3.59. The maximum Gasteiger partial charge on any atom is 0.122 e. The van der Waals surface area contributed by atoms with Crippen LogP contribution in [0.15, 0.2) is 24.3 Å². The molecule has 0 spiro atoms. The van der Waals surface area contributed by atoms with Crippen LogP contribution in [0.4, 0.5) is 0 Å². The lowest BCUT2D eigenvalue weighted by molar-refractivity contribution is 0.385. The smallest absolute Gasteiger partial charge is 0.122 e. The lowest BCUT2D eigenvalue weighted by Crippen LogP contribution is -2.29. The highest BCUT2D eigenvalue weighted by molar-refractivity contribution is 5.35. The summed E-state index contributed by atoms with van der Waals surface area (Å²) in [5, 5.41) is 0. The zero-order valence-corrected chi connectivity index (χ0v) is 9.49. The lowest BCUT2D eigenvalue weighted by atomic mass is 9.90. The highest BCUT2D eigenvalue weighted by atomic mass is 16.5. The second-order valence-electron chi connectivity index (χ2n) is 4.64. The molecular weight excluding hydrogens is 186 g/mol. The molecule has 1 aromatic carbocycles. The van der Waals surface area contributed by atoms with Crippen LogP contribution in [0.3, 0.4) is 0 Å². The number of para-hydroxylation sites is 1. The van der Waals surface area contributed by atoms with E-state index in [2.05, 4.69) is 19.1 Å². The summed E-state index contributed by atoms with van der Waals surface area (Å²) in [7, 11) is 1.73. The zero-order valence-electron chi connectivity index (χ0n) is 9.49. The molecule has 1 atom stereocenters. The molecule has 0 aliphatic heterocycles. The second-order valence-corrected chi connectivity index (χ2v) is 4.64. The van der Waals surface area contributed by atoms with Gasteiger partial charge in [0.2, 0.25) is 0 Å². The number of ether oxygens (including phenoxy) is 1. The quantitative estimate of drug-likeness (QED) is 0.819. The van der Waals surface area contributed by atoms with Crippen LogP contribution in [-0.2, 0) is 6.42 Å². The molecule has 1 aliphatic rings. The van der Waals surface area contributed by atoms with Crippen molar-refractivity contribution in [3.8, 4) is 5.75 Å². The minimum absolute atomic E-state index is 0.280. The van der Waals surface area contributed by atoms with Crippen LogP contribution in [0.2, 0.25) is 0 Å². The summed E-state index contributed by atoms with van der Waals surface area (Å²) in [4.78, 5) is 0. The van der Waals surface area contributed by atoms with Gasteiger partial charge in [-0.2, -0.15) is 0 Å². The van der Waals surface area contributed by atoms with Crippen molar-refractivity contribution in [2.75, 3.05) is 7.11 Å². The Morgan fingerprint density at radius 1 is 1.40 bits per heavy atom. The monoisotopic (exact) mass is 205 g/mol. The molecular formula is C13H19NO. The first-order valence-electron chi connectivity index (χ1n) is 5.55. The van der Waals surface area contributed by atoms with Crippen LogP contribution < -0.4 is 10.5 Å². The summed E-state index contributed by atoms with van der Waals surface area (Å²) in [6, 6.07) is 8.51. The molecule has 0 heterocycles. The van der Waals surface area contributed by atoms with Gasteiger partial charge in [-0.25, -0.2) is 0 Å². The van der Waals surface area contributed by atoms with Crippen molar-refractivity contribution in [1.82, 2.24) is 0 Å². The van der Waals surface area contributed by atoms with E-state index in [-0.39, 0.29) is 6.04 Å². The van der Waals surface area contributed by atoms with Gasteiger partial charge >= 0.3 is 0 Å². The Bertz CT molecular complexity index is 342. The average molecular weight is 205 g/mol. The standard InChI is InChI=1S/C13H19NO/c1-10(14)13(7-8-13)9-11-5-3-4-6-12(11)15-2/h3-6,10H,7-9,14H2,1-2H3. The topological polar surface area (TPSA) is 35.2 Å². The molecule has 82 valence electrons. The normalized spacial score (nSPS) is 19.7. The molecule has 1 fully saturated rings. The Morgan fingerprint density at radius 3 is 2.60 bits per heavy atom. The van der Waals surface area contributed by atoms with Gasteiger partial charge in [0.25, 0.3) is 0 Å². The summed E-state index contributed by atoms with van der Waals surface area (Å²) in [5.74, 6) is 0.990. The Balaban J connectivity index is 2.17. The van der Waals surface area contributed by atoms with Gasteiger partial charge in [-0.1, -0.05) is 18.2 Å².